The Bertz CT molecular complexity index is 354. The number of anilines is 1. The van der Waals surface area contributed by atoms with E-state index in [9.17, 15) is 4.79 Å². The molecule has 1 fully saturated rings. The zero-order valence-corrected chi connectivity index (χ0v) is 9.39. The zero-order valence-electron chi connectivity index (χ0n) is 9.39. The summed E-state index contributed by atoms with van der Waals surface area (Å²) in [5, 5.41) is 2.85. The second-order valence-electron chi connectivity index (χ2n) is 3.79. The maximum Gasteiger partial charge on any atom is 0.242 e. The summed E-state index contributed by atoms with van der Waals surface area (Å²) in [7, 11) is 0. The molecular weight excluding hydrogens is 204 g/mol. The first-order valence-electron chi connectivity index (χ1n) is 5.64. The van der Waals surface area contributed by atoms with E-state index in [0.29, 0.717) is 12.5 Å². The lowest BCUT2D eigenvalue weighted by Gasteiger charge is -2.23. The van der Waals surface area contributed by atoms with Crippen LogP contribution in [0.1, 0.15) is 19.8 Å². The molecule has 0 bridgehead atoms. The van der Waals surface area contributed by atoms with E-state index < -0.39 is 0 Å². The fourth-order valence-electron chi connectivity index (χ4n) is 2.01. The number of likely N-dealkylation sites (N-methyl/N-ethyl adjacent to an activating group) is 1. The molecule has 86 valence electrons. The van der Waals surface area contributed by atoms with Gasteiger partial charge in [0, 0.05) is 25.5 Å². The Hall–Kier alpha value is -1.65. The molecule has 1 aliphatic rings. The van der Waals surface area contributed by atoms with Crippen molar-refractivity contribution in [3.63, 3.8) is 0 Å². The van der Waals surface area contributed by atoms with Crippen molar-refractivity contribution in [2.24, 2.45) is 0 Å². The van der Waals surface area contributed by atoms with Crippen LogP contribution in [0.3, 0.4) is 0 Å². The summed E-state index contributed by atoms with van der Waals surface area (Å²) in [5.74, 6) is 0.726. The number of carbonyl (C=O) groups is 1. The van der Waals surface area contributed by atoms with E-state index in [4.69, 9.17) is 0 Å². The van der Waals surface area contributed by atoms with Crippen LogP contribution in [0.15, 0.2) is 18.5 Å². The summed E-state index contributed by atoms with van der Waals surface area (Å²) >= 11 is 0. The number of carbonyl (C=O) groups excluding carboxylic acids is 1. The van der Waals surface area contributed by atoms with Crippen molar-refractivity contribution < 1.29 is 4.79 Å². The fraction of sp³-hybridized carbons (Fsp3) is 0.545. The summed E-state index contributed by atoms with van der Waals surface area (Å²) in [6.45, 7) is 3.45. The van der Waals surface area contributed by atoms with Gasteiger partial charge in [-0.2, -0.15) is 0 Å². The molecule has 16 heavy (non-hydrogen) atoms. The van der Waals surface area contributed by atoms with Gasteiger partial charge in [0.2, 0.25) is 11.9 Å². The van der Waals surface area contributed by atoms with Crippen LogP contribution in [0.4, 0.5) is 5.95 Å². The molecule has 1 saturated heterocycles. The lowest BCUT2D eigenvalue weighted by molar-refractivity contribution is -0.122. The van der Waals surface area contributed by atoms with Gasteiger partial charge in [-0.15, -0.1) is 0 Å². The molecule has 1 N–H and O–H groups in total. The summed E-state index contributed by atoms with van der Waals surface area (Å²) < 4.78 is 0. The van der Waals surface area contributed by atoms with Crippen molar-refractivity contribution in [3.05, 3.63) is 18.5 Å². The minimum Gasteiger partial charge on any atom is -0.355 e. The predicted molar refractivity (Wildman–Crippen MR) is 61.1 cm³/mol. The van der Waals surface area contributed by atoms with Gasteiger partial charge >= 0.3 is 0 Å². The molecule has 0 spiro atoms. The van der Waals surface area contributed by atoms with E-state index in [1.165, 1.54) is 0 Å². The molecule has 1 aromatic heterocycles. The predicted octanol–water partition coefficient (Wildman–Crippen LogP) is 0.581. The van der Waals surface area contributed by atoms with Crippen LogP contribution in [0.5, 0.6) is 0 Å². The van der Waals surface area contributed by atoms with Gasteiger partial charge in [0.05, 0.1) is 0 Å². The van der Waals surface area contributed by atoms with E-state index in [0.717, 1.165) is 19.4 Å². The maximum atomic E-state index is 11.8. The zero-order chi connectivity index (χ0) is 11.4. The van der Waals surface area contributed by atoms with Crippen molar-refractivity contribution in [3.8, 4) is 0 Å². The lowest BCUT2D eigenvalue weighted by Crippen LogP contribution is -2.43. The minimum atomic E-state index is -0.109. The maximum absolute atomic E-state index is 11.8. The van der Waals surface area contributed by atoms with E-state index in [2.05, 4.69) is 15.3 Å². The molecule has 2 heterocycles. The number of hydrogen-bond donors (Lipinski definition) is 1. The highest BCUT2D eigenvalue weighted by Crippen LogP contribution is 2.21. The Labute approximate surface area is 94.9 Å². The van der Waals surface area contributed by atoms with E-state index in [-0.39, 0.29) is 11.9 Å². The van der Waals surface area contributed by atoms with Gasteiger partial charge in [-0.25, -0.2) is 9.97 Å². The van der Waals surface area contributed by atoms with Gasteiger partial charge < -0.3 is 10.2 Å². The van der Waals surface area contributed by atoms with Crippen LogP contribution >= 0.6 is 0 Å². The van der Waals surface area contributed by atoms with Crippen molar-refractivity contribution in [1.29, 1.82) is 0 Å². The molecule has 0 aliphatic carbocycles. The van der Waals surface area contributed by atoms with Gasteiger partial charge in [0.15, 0.2) is 0 Å². The van der Waals surface area contributed by atoms with E-state index >= 15 is 0 Å². The highest BCUT2D eigenvalue weighted by molar-refractivity contribution is 5.85. The van der Waals surface area contributed by atoms with Gasteiger partial charge in [0.1, 0.15) is 6.04 Å². The van der Waals surface area contributed by atoms with Crippen LogP contribution in [0.25, 0.3) is 0 Å². The summed E-state index contributed by atoms with van der Waals surface area (Å²) in [6, 6.07) is 1.67. The molecule has 1 unspecified atom stereocenters. The normalized spacial score (nSPS) is 19.8. The minimum absolute atomic E-state index is 0.0763. The molecule has 0 aromatic carbocycles. The largest absolute Gasteiger partial charge is 0.355 e. The Morgan fingerprint density at radius 2 is 2.31 bits per heavy atom. The van der Waals surface area contributed by atoms with E-state index in [1.54, 1.807) is 18.5 Å². The molecular formula is C11H16N4O. The van der Waals surface area contributed by atoms with Crippen molar-refractivity contribution in [2.75, 3.05) is 18.0 Å². The number of hydrogen-bond acceptors (Lipinski definition) is 4. The van der Waals surface area contributed by atoms with Crippen molar-refractivity contribution in [1.82, 2.24) is 15.3 Å². The molecule has 5 heteroatoms. The standard InChI is InChI=1S/C11H16N4O/c1-2-12-10(16)9-5-3-8-15(9)11-13-6-4-7-14-11/h4,6-7,9H,2-3,5,8H2,1H3,(H,12,16). The lowest BCUT2D eigenvalue weighted by atomic mass is 10.2. The quantitative estimate of drug-likeness (QED) is 0.809. The number of aromatic nitrogens is 2. The SMILES string of the molecule is CCNC(=O)C1CCCN1c1ncccn1. The smallest absolute Gasteiger partial charge is 0.242 e. The number of nitrogens with one attached hydrogen (secondary N) is 1. The number of amides is 1. The summed E-state index contributed by atoms with van der Waals surface area (Å²) in [4.78, 5) is 22.2. The molecule has 0 saturated carbocycles. The number of nitrogens with zero attached hydrogens (tertiary/aromatic N) is 3. The summed E-state index contributed by atoms with van der Waals surface area (Å²) in [6.07, 6.45) is 5.30. The monoisotopic (exact) mass is 220 g/mol. The molecule has 1 aliphatic heterocycles. The fourth-order valence-corrected chi connectivity index (χ4v) is 2.01. The van der Waals surface area contributed by atoms with Gasteiger partial charge in [-0.05, 0) is 25.8 Å². The molecule has 1 atom stereocenters. The molecule has 0 radical (unpaired) electrons. The Morgan fingerprint density at radius 3 is 3.00 bits per heavy atom. The van der Waals surface area contributed by atoms with Crippen molar-refractivity contribution >= 4 is 11.9 Å². The Balaban J connectivity index is 2.12. The first-order valence-corrected chi connectivity index (χ1v) is 5.64. The highest BCUT2D eigenvalue weighted by atomic mass is 16.2. The average Bonchev–Trinajstić information content (AvgIpc) is 2.79. The van der Waals surface area contributed by atoms with E-state index in [1.807, 2.05) is 11.8 Å². The Morgan fingerprint density at radius 1 is 1.56 bits per heavy atom. The molecule has 2 rings (SSSR count). The topological polar surface area (TPSA) is 58.1 Å². The van der Waals surface area contributed by atoms with Gasteiger partial charge in [-0.3, -0.25) is 4.79 Å². The van der Waals surface area contributed by atoms with Gasteiger partial charge in [-0.1, -0.05) is 0 Å². The highest BCUT2D eigenvalue weighted by Gasteiger charge is 2.31. The van der Waals surface area contributed by atoms with Crippen LogP contribution < -0.4 is 10.2 Å². The van der Waals surface area contributed by atoms with Crippen LogP contribution in [-0.2, 0) is 4.79 Å². The van der Waals surface area contributed by atoms with Crippen molar-refractivity contribution in [2.45, 2.75) is 25.8 Å². The third-order valence-electron chi connectivity index (χ3n) is 2.72. The van der Waals surface area contributed by atoms with Crippen LogP contribution in [0.2, 0.25) is 0 Å². The van der Waals surface area contributed by atoms with Crippen LogP contribution in [-0.4, -0.2) is 35.0 Å². The Kier molecular flexibility index (Phi) is 3.34. The second kappa shape index (κ2) is 4.92. The first kappa shape index (κ1) is 10.9. The molecule has 1 aromatic rings. The molecule has 5 nitrogen and oxygen atoms in total. The third kappa shape index (κ3) is 2.13. The summed E-state index contributed by atoms with van der Waals surface area (Å²) in [5.41, 5.74) is 0. The molecule has 1 amide bonds. The second-order valence-corrected chi connectivity index (χ2v) is 3.79. The average molecular weight is 220 g/mol. The number of rotatable bonds is 3. The van der Waals surface area contributed by atoms with Gasteiger partial charge in [0.25, 0.3) is 0 Å². The third-order valence-corrected chi connectivity index (χ3v) is 2.72. The first-order chi connectivity index (χ1) is 7.83. The van der Waals surface area contributed by atoms with Crippen LogP contribution in [0, 0.1) is 0 Å².